The lowest BCUT2D eigenvalue weighted by molar-refractivity contribution is 0.0439. The van der Waals surface area contributed by atoms with Gasteiger partial charge < -0.3 is 9.15 Å². The summed E-state index contributed by atoms with van der Waals surface area (Å²) < 4.78 is 10.9. The largest absolute Gasteiger partial charge is 0.452 e. The standard InChI is InChI=1S/C23H15N3O3/c24-14-17-10-4-5-11-18(17)19-12-6-7-13-20(19)23(27)28-15-21-25-26-22(29-21)16-8-2-1-3-9-16/h1-13H,15H2. The number of rotatable bonds is 5. The number of nitrogens with zero attached hydrogens (tertiary/aromatic N) is 3. The number of esters is 1. The van der Waals surface area contributed by atoms with Crippen LogP contribution in [-0.2, 0) is 11.3 Å². The molecule has 4 rings (SSSR count). The fourth-order valence-electron chi connectivity index (χ4n) is 2.93. The Bertz CT molecular complexity index is 1190. The number of ether oxygens (including phenoxy) is 1. The maximum atomic E-state index is 12.7. The molecule has 0 aliphatic heterocycles. The van der Waals surface area contributed by atoms with Crippen LogP contribution in [0.5, 0.6) is 0 Å². The van der Waals surface area contributed by atoms with Gasteiger partial charge in [-0.25, -0.2) is 4.79 Å². The van der Waals surface area contributed by atoms with E-state index in [1.54, 1.807) is 36.4 Å². The van der Waals surface area contributed by atoms with Gasteiger partial charge in [0.25, 0.3) is 5.89 Å². The molecular weight excluding hydrogens is 366 g/mol. The first kappa shape index (κ1) is 18.1. The summed E-state index contributed by atoms with van der Waals surface area (Å²) in [5.41, 5.74) is 2.93. The molecule has 0 spiro atoms. The maximum absolute atomic E-state index is 12.7. The molecule has 0 saturated heterocycles. The van der Waals surface area contributed by atoms with E-state index in [-0.39, 0.29) is 12.5 Å². The maximum Gasteiger partial charge on any atom is 0.339 e. The van der Waals surface area contributed by atoms with Crippen molar-refractivity contribution in [3.05, 3.63) is 95.9 Å². The van der Waals surface area contributed by atoms with Crippen molar-refractivity contribution >= 4 is 5.97 Å². The minimum atomic E-state index is -0.534. The summed E-state index contributed by atoms with van der Waals surface area (Å²) in [5, 5.41) is 17.3. The molecule has 29 heavy (non-hydrogen) atoms. The molecule has 0 N–H and O–H groups in total. The Labute approximate surface area is 167 Å². The van der Waals surface area contributed by atoms with Crippen molar-refractivity contribution in [2.45, 2.75) is 6.61 Å². The summed E-state index contributed by atoms with van der Waals surface area (Å²) in [5.74, 6) is 0.0277. The fourth-order valence-corrected chi connectivity index (χ4v) is 2.93. The molecule has 3 aromatic carbocycles. The summed E-state index contributed by atoms with van der Waals surface area (Å²) >= 11 is 0. The summed E-state index contributed by atoms with van der Waals surface area (Å²) in [4.78, 5) is 12.7. The predicted octanol–water partition coefficient (Wildman–Crippen LogP) is 4.63. The molecule has 0 aliphatic rings. The zero-order valence-corrected chi connectivity index (χ0v) is 15.3. The van der Waals surface area contributed by atoms with Gasteiger partial charge in [0.15, 0.2) is 6.61 Å². The second kappa shape index (κ2) is 8.19. The van der Waals surface area contributed by atoms with E-state index in [4.69, 9.17) is 9.15 Å². The minimum absolute atomic E-state index is 0.146. The molecule has 0 amide bonds. The highest BCUT2D eigenvalue weighted by atomic mass is 16.5. The van der Waals surface area contributed by atoms with Gasteiger partial charge in [-0.3, -0.25) is 0 Å². The van der Waals surface area contributed by atoms with Crippen molar-refractivity contribution in [1.29, 1.82) is 5.26 Å². The quantitative estimate of drug-likeness (QED) is 0.468. The molecule has 6 nitrogen and oxygen atoms in total. The van der Waals surface area contributed by atoms with Crippen LogP contribution in [0.3, 0.4) is 0 Å². The topological polar surface area (TPSA) is 89.0 Å². The number of hydrogen-bond donors (Lipinski definition) is 0. The number of hydrogen-bond acceptors (Lipinski definition) is 6. The third-order valence-electron chi connectivity index (χ3n) is 4.30. The van der Waals surface area contributed by atoms with Gasteiger partial charge in [-0.05, 0) is 29.8 Å². The molecule has 0 atom stereocenters. The smallest absolute Gasteiger partial charge is 0.339 e. The van der Waals surface area contributed by atoms with Crippen molar-refractivity contribution in [2.75, 3.05) is 0 Å². The van der Waals surface area contributed by atoms with E-state index in [0.717, 1.165) is 5.56 Å². The lowest BCUT2D eigenvalue weighted by Crippen LogP contribution is -2.07. The van der Waals surface area contributed by atoms with Gasteiger partial charge in [0.2, 0.25) is 5.89 Å². The van der Waals surface area contributed by atoms with E-state index in [0.29, 0.717) is 28.1 Å². The number of carbonyl (C=O) groups is 1. The minimum Gasteiger partial charge on any atom is -0.452 e. The van der Waals surface area contributed by atoms with E-state index < -0.39 is 5.97 Å². The number of benzene rings is 3. The van der Waals surface area contributed by atoms with Crippen molar-refractivity contribution in [1.82, 2.24) is 10.2 Å². The third-order valence-corrected chi connectivity index (χ3v) is 4.30. The molecule has 0 radical (unpaired) electrons. The number of aromatic nitrogens is 2. The van der Waals surface area contributed by atoms with Crippen LogP contribution in [0.15, 0.2) is 83.3 Å². The van der Waals surface area contributed by atoms with Gasteiger partial charge in [0.05, 0.1) is 17.2 Å². The zero-order chi connectivity index (χ0) is 20.1. The molecule has 0 aliphatic carbocycles. The molecule has 1 aromatic heterocycles. The molecule has 1 heterocycles. The van der Waals surface area contributed by atoms with E-state index in [1.807, 2.05) is 42.5 Å². The Morgan fingerprint density at radius 1 is 0.897 bits per heavy atom. The highest BCUT2D eigenvalue weighted by Crippen LogP contribution is 2.27. The molecule has 0 bridgehead atoms. The van der Waals surface area contributed by atoms with Crippen LogP contribution in [0.4, 0.5) is 0 Å². The molecular formula is C23H15N3O3. The first-order chi connectivity index (χ1) is 14.3. The highest BCUT2D eigenvalue weighted by molar-refractivity contribution is 5.98. The van der Waals surface area contributed by atoms with Gasteiger partial charge in [-0.1, -0.05) is 54.6 Å². The van der Waals surface area contributed by atoms with Crippen LogP contribution >= 0.6 is 0 Å². The van der Waals surface area contributed by atoms with Crippen molar-refractivity contribution in [3.63, 3.8) is 0 Å². The Hall–Kier alpha value is -4.24. The lowest BCUT2D eigenvalue weighted by atomic mass is 9.96. The van der Waals surface area contributed by atoms with Crippen LogP contribution in [0.1, 0.15) is 21.8 Å². The monoisotopic (exact) mass is 381 g/mol. The number of nitriles is 1. The number of carbonyl (C=O) groups excluding carboxylic acids is 1. The van der Waals surface area contributed by atoms with E-state index in [1.165, 1.54) is 0 Å². The van der Waals surface area contributed by atoms with Gasteiger partial charge in [0, 0.05) is 11.1 Å². The van der Waals surface area contributed by atoms with E-state index in [9.17, 15) is 10.1 Å². The van der Waals surface area contributed by atoms with Crippen LogP contribution in [0, 0.1) is 11.3 Å². The first-order valence-electron chi connectivity index (χ1n) is 8.89. The average molecular weight is 381 g/mol. The molecule has 4 aromatic rings. The summed E-state index contributed by atoms with van der Waals surface area (Å²) in [6.45, 7) is -0.146. The zero-order valence-electron chi connectivity index (χ0n) is 15.3. The Morgan fingerprint density at radius 2 is 1.59 bits per heavy atom. The third kappa shape index (κ3) is 3.89. The molecule has 0 saturated carbocycles. The normalized spacial score (nSPS) is 10.3. The summed E-state index contributed by atoms with van der Waals surface area (Å²) in [6.07, 6.45) is 0. The molecule has 6 heteroatoms. The Balaban J connectivity index is 1.53. The first-order valence-corrected chi connectivity index (χ1v) is 8.89. The van der Waals surface area contributed by atoms with Crippen molar-refractivity contribution in [2.24, 2.45) is 0 Å². The van der Waals surface area contributed by atoms with E-state index >= 15 is 0 Å². The second-order valence-corrected chi connectivity index (χ2v) is 6.15. The van der Waals surface area contributed by atoms with Crippen molar-refractivity contribution in [3.8, 4) is 28.7 Å². The summed E-state index contributed by atoms with van der Waals surface area (Å²) in [6, 6.07) is 25.6. The average Bonchev–Trinajstić information content (AvgIpc) is 3.27. The van der Waals surface area contributed by atoms with Crippen LogP contribution in [-0.4, -0.2) is 16.2 Å². The van der Waals surface area contributed by atoms with Crippen LogP contribution in [0.2, 0.25) is 0 Å². The molecule has 0 unspecified atom stereocenters. The predicted molar refractivity (Wildman–Crippen MR) is 105 cm³/mol. The summed E-state index contributed by atoms with van der Waals surface area (Å²) in [7, 11) is 0. The van der Waals surface area contributed by atoms with Crippen LogP contribution in [0.25, 0.3) is 22.6 Å². The van der Waals surface area contributed by atoms with Gasteiger partial charge in [0.1, 0.15) is 0 Å². The van der Waals surface area contributed by atoms with Gasteiger partial charge in [-0.15, -0.1) is 10.2 Å². The molecule has 0 fully saturated rings. The van der Waals surface area contributed by atoms with Gasteiger partial charge in [-0.2, -0.15) is 5.26 Å². The second-order valence-electron chi connectivity index (χ2n) is 6.15. The fraction of sp³-hybridized carbons (Fsp3) is 0.0435. The van der Waals surface area contributed by atoms with Crippen molar-refractivity contribution < 1.29 is 13.9 Å². The highest BCUT2D eigenvalue weighted by Gasteiger charge is 2.17. The SMILES string of the molecule is N#Cc1ccccc1-c1ccccc1C(=O)OCc1nnc(-c2ccccc2)o1. The molecule has 140 valence electrons. The lowest BCUT2D eigenvalue weighted by Gasteiger charge is -2.10. The Morgan fingerprint density at radius 3 is 2.38 bits per heavy atom. The van der Waals surface area contributed by atoms with E-state index in [2.05, 4.69) is 16.3 Å². The van der Waals surface area contributed by atoms with Gasteiger partial charge >= 0.3 is 5.97 Å². The Kier molecular flexibility index (Phi) is 5.12. The van der Waals surface area contributed by atoms with Crippen LogP contribution < -0.4 is 0 Å².